The third kappa shape index (κ3) is 2.87. The van der Waals surface area contributed by atoms with E-state index < -0.39 is 0 Å². The van der Waals surface area contributed by atoms with Crippen LogP contribution in [0.5, 0.6) is 5.75 Å². The fourth-order valence-electron chi connectivity index (χ4n) is 3.03. The molecule has 0 amide bonds. The normalized spacial score (nSPS) is 22.0. The molecule has 1 fully saturated rings. The lowest BCUT2D eigenvalue weighted by Gasteiger charge is -2.25. The smallest absolute Gasteiger partial charge is 0.121 e. The maximum atomic E-state index is 5.94. The summed E-state index contributed by atoms with van der Waals surface area (Å²) in [7, 11) is 1.67. The number of alkyl halides is 1. The molecule has 0 spiro atoms. The zero-order chi connectivity index (χ0) is 14.9. The summed E-state index contributed by atoms with van der Waals surface area (Å²) in [5.41, 5.74) is 1.97. The van der Waals surface area contributed by atoms with Gasteiger partial charge >= 0.3 is 0 Å². The van der Waals surface area contributed by atoms with Crippen molar-refractivity contribution in [3.05, 3.63) is 24.0 Å². The number of fused-ring (bicyclic) bond motifs is 1. The summed E-state index contributed by atoms with van der Waals surface area (Å²) in [5.74, 6) is 2.41. The lowest BCUT2D eigenvalue weighted by Crippen LogP contribution is -2.30. The molecule has 1 aliphatic heterocycles. The Morgan fingerprint density at radius 1 is 1.48 bits per heavy atom. The highest BCUT2D eigenvalue weighted by Crippen LogP contribution is 2.30. The first-order valence-corrected chi connectivity index (χ1v) is 7.92. The molecule has 0 aliphatic carbocycles. The van der Waals surface area contributed by atoms with Crippen LogP contribution in [0.2, 0.25) is 0 Å². The highest BCUT2D eigenvalue weighted by atomic mass is 35.5. The van der Waals surface area contributed by atoms with Gasteiger partial charge < -0.3 is 14.0 Å². The van der Waals surface area contributed by atoms with Gasteiger partial charge in [-0.25, -0.2) is 4.98 Å². The van der Waals surface area contributed by atoms with Crippen molar-refractivity contribution in [2.24, 2.45) is 0 Å². The number of ether oxygens (including phenoxy) is 2. The molecule has 114 valence electrons. The summed E-state index contributed by atoms with van der Waals surface area (Å²) in [6, 6.07) is 6.02. The molecule has 3 rings (SSSR count). The Hall–Kier alpha value is -1.26. The van der Waals surface area contributed by atoms with E-state index in [9.17, 15) is 0 Å². The minimum Gasteiger partial charge on any atom is -0.497 e. The van der Waals surface area contributed by atoms with Gasteiger partial charge in [0.15, 0.2) is 0 Å². The van der Waals surface area contributed by atoms with Crippen LogP contribution in [-0.2, 0) is 17.7 Å². The summed E-state index contributed by atoms with van der Waals surface area (Å²) < 4.78 is 13.5. The number of benzene rings is 1. The number of aromatic nitrogens is 2. The summed E-state index contributed by atoms with van der Waals surface area (Å²) in [5, 5.41) is 0. The Morgan fingerprint density at radius 2 is 2.33 bits per heavy atom. The van der Waals surface area contributed by atoms with Crippen LogP contribution in [0, 0.1) is 0 Å². The number of rotatable bonds is 5. The maximum Gasteiger partial charge on any atom is 0.121 e. The van der Waals surface area contributed by atoms with Gasteiger partial charge in [0.1, 0.15) is 11.6 Å². The van der Waals surface area contributed by atoms with E-state index in [0.717, 1.165) is 55.0 Å². The summed E-state index contributed by atoms with van der Waals surface area (Å²) in [6.45, 7) is 3.85. The highest BCUT2D eigenvalue weighted by molar-refractivity contribution is 6.17. The third-order valence-electron chi connectivity index (χ3n) is 4.15. The number of imidazole rings is 1. The second-order valence-electron chi connectivity index (χ2n) is 5.81. The quantitative estimate of drug-likeness (QED) is 0.794. The average Bonchev–Trinajstić information content (AvgIpc) is 3.04. The number of nitrogens with zero attached hydrogens (tertiary/aromatic N) is 2. The zero-order valence-electron chi connectivity index (χ0n) is 12.6. The van der Waals surface area contributed by atoms with Crippen LogP contribution in [0.3, 0.4) is 0 Å². The number of aryl methyl sites for hydroxylation is 1. The van der Waals surface area contributed by atoms with Gasteiger partial charge in [-0.3, -0.25) is 0 Å². The molecule has 4 nitrogen and oxygen atoms in total. The van der Waals surface area contributed by atoms with Crippen molar-refractivity contribution in [3.63, 3.8) is 0 Å². The van der Waals surface area contributed by atoms with E-state index in [1.165, 1.54) is 0 Å². The van der Waals surface area contributed by atoms with Crippen molar-refractivity contribution < 1.29 is 9.47 Å². The minimum absolute atomic E-state index is 0.103. The maximum absolute atomic E-state index is 5.94. The van der Waals surface area contributed by atoms with Crippen molar-refractivity contribution in [1.29, 1.82) is 0 Å². The summed E-state index contributed by atoms with van der Waals surface area (Å²) in [6.07, 6.45) is 2.97. The molecule has 1 aromatic heterocycles. The predicted molar refractivity (Wildman–Crippen MR) is 84.3 cm³/mol. The number of hydrogen-bond acceptors (Lipinski definition) is 3. The van der Waals surface area contributed by atoms with E-state index >= 15 is 0 Å². The minimum atomic E-state index is -0.103. The van der Waals surface area contributed by atoms with E-state index in [1.54, 1.807) is 7.11 Å². The van der Waals surface area contributed by atoms with Crippen LogP contribution < -0.4 is 4.74 Å². The molecular weight excluding hydrogens is 288 g/mol. The molecule has 1 saturated heterocycles. The van der Waals surface area contributed by atoms with Crippen LogP contribution in [0.25, 0.3) is 11.0 Å². The van der Waals surface area contributed by atoms with Crippen LogP contribution in [0.1, 0.15) is 25.6 Å². The molecule has 2 aromatic rings. The number of hydrogen-bond donors (Lipinski definition) is 0. The van der Waals surface area contributed by atoms with Crippen LogP contribution in [0.4, 0.5) is 0 Å². The van der Waals surface area contributed by atoms with E-state index in [1.807, 2.05) is 12.1 Å². The van der Waals surface area contributed by atoms with Crippen molar-refractivity contribution in [3.8, 4) is 5.75 Å². The second kappa shape index (κ2) is 5.85. The molecule has 1 aliphatic rings. The molecule has 1 aromatic carbocycles. The van der Waals surface area contributed by atoms with Gasteiger partial charge in [-0.05, 0) is 31.9 Å². The van der Waals surface area contributed by atoms with Gasteiger partial charge in [0.25, 0.3) is 0 Å². The van der Waals surface area contributed by atoms with Crippen LogP contribution >= 0.6 is 11.6 Å². The third-order valence-corrected chi connectivity index (χ3v) is 4.33. The molecule has 0 N–H and O–H groups in total. The predicted octanol–water partition coefficient (Wildman–Crippen LogP) is 3.40. The van der Waals surface area contributed by atoms with Crippen molar-refractivity contribution in [2.75, 3.05) is 19.6 Å². The van der Waals surface area contributed by atoms with Gasteiger partial charge in [-0.15, -0.1) is 11.6 Å². The first-order chi connectivity index (χ1) is 10.1. The Bertz CT molecular complexity index is 632. The SMILES string of the molecule is COc1ccc2c(c1)nc(CCCl)n2CC1(C)CCCO1. The fourth-order valence-corrected chi connectivity index (χ4v) is 3.20. The van der Waals surface area contributed by atoms with Crippen molar-refractivity contribution >= 4 is 22.6 Å². The fraction of sp³-hybridized carbons (Fsp3) is 0.562. The molecule has 21 heavy (non-hydrogen) atoms. The van der Waals surface area contributed by atoms with Crippen LogP contribution in [-0.4, -0.2) is 34.7 Å². The van der Waals surface area contributed by atoms with E-state index in [4.69, 9.17) is 26.1 Å². The van der Waals surface area contributed by atoms with Gasteiger partial charge in [0.2, 0.25) is 0 Å². The van der Waals surface area contributed by atoms with Crippen LogP contribution in [0.15, 0.2) is 18.2 Å². The zero-order valence-corrected chi connectivity index (χ0v) is 13.3. The Labute approximate surface area is 130 Å². The lowest BCUT2D eigenvalue weighted by atomic mass is 10.0. The van der Waals surface area contributed by atoms with E-state index in [-0.39, 0.29) is 5.60 Å². The molecule has 1 unspecified atom stereocenters. The first-order valence-electron chi connectivity index (χ1n) is 7.38. The molecule has 1 atom stereocenters. The highest BCUT2D eigenvalue weighted by Gasteiger charge is 2.31. The molecule has 2 heterocycles. The monoisotopic (exact) mass is 308 g/mol. The summed E-state index contributed by atoms with van der Waals surface area (Å²) in [4.78, 5) is 4.73. The van der Waals surface area contributed by atoms with E-state index in [2.05, 4.69) is 17.6 Å². The molecule has 0 bridgehead atoms. The first kappa shape index (κ1) is 14.7. The Kier molecular flexibility index (Phi) is 4.09. The standard InChI is InChI=1S/C16H21ClN2O2/c1-16(7-3-9-21-16)11-19-14-5-4-12(20-2)10-13(14)18-15(19)6-8-17/h4-5,10H,3,6-9,11H2,1-2H3. The van der Waals surface area contributed by atoms with Crippen molar-refractivity contribution in [1.82, 2.24) is 9.55 Å². The second-order valence-corrected chi connectivity index (χ2v) is 6.19. The van der Waals surface area contributed by atoms with Gasteiger partial charge in [-0.1, -0.05) is 0 Å². The summed E-state index contributed by atoms with van der Waals surface area (Å²) >= 11 is 5.94. The number of halogens is 1. The molecule has 0 radical (unpaired) electrons. The van der Waals surface area contributed by atoms with Gasteiger partial charge in [-0.2, -0.15) is 0 Å². The Morgan fingerprint density at radius 3 is 3.00 bits per heavy atom. The molecule has 0 saturated carbocycles. The van der Waals surface area contributed by atoms with E-state index in [0.29, 0.717) is 5.88 Å². The lowest BCUT2D eigenvalue weighted by molar-refractivity contribution is 0.00653. The topological polar surface area (TPSA) is 36.3 Å². The molecular formula is C16H21ClN2O2. The van der Waals surface area contributed by atoms with Crippen molar-refractivity contribution in [2.45, 2.75) is 38.3 Å². The number of methoxy groups -OCH3 is 1. The van der Waals surface area contributed by atoms with Gasteiger partial charge in [0, 0.05) is 25.0 Å². The largest absolute Gasteiger partial charge is 0.497 e. The Balaban J connectivity index is 2.03. The van der Waals surface area contributed by atoms with Gasteiger partial charge in [0.05, 0.1) is 30.3 Å². The average molecular weight is 309 g/mol. The molecule has 5 heteroatoms.